The molecule has 1 N–H and O–H groups in total. The van der Waals surface area contributed by atoms with Gasteiger partial charge in [0, 0.05) is 30.1 Å². The third-order valence-corrected chi connectivity index (χ3v) is 5.35. The molecular formula is C25H31FN4O4. The fraction of sp³-hybridized carbons (Fsp3) is 0.400. The van der Waals surface area contributed by atoms with Gasteiger partial charge in [-0.25, -0.2) is 14.2 Å². The Morgan fingerprint density at radius 3 is 2.50 bits per heavy atom. The molecule has 3 amide bonds. The van der Waals surface area contributed by atoms with Crippen LogP contribution in [0.3, 0.4) is 0 Å². The molecule has 0 bridgehead atoms. The molecule has 1 heterocycles. The number of halogens is 1. The van der Waals surface area contributed by atoms with Crippen molar-refractivity contribution in [3.63, 3.8) is 0 Å². The molecule has 0 radical (unpaired) electrons. The van der Waals surface area contributed by atoms with E-state index in [1.54, 1.807) is 43.5 Å². The first-order chi connectivity index (χ1) is 16.0. The van der Waals surface area contributed by atoms with Gasteiger partial charge in [-0.05, 0) is 45.0 Å². The van der Waals surface area contributed by atoms with Crippen molar-refractivity contribution in [2.24, 2.45) is 5.10 Å². The van der Waals surface area contributed by atoms with E-state index in [-0.39, 0.29) is 19.0 Å². The van der Waals surface area contributed by atoms with Gasteiger partial charge in [-0.2, -0.15) is 5.10 Å². The van der Waals surface area contributed by atoms with Crippen LogP contribution in [0.2, 0.25) is 0 Å². The highest BCUT2D eigenvalue weighted by molar-refractivity contribution is 6.03. The summed E-state index contributed by atoms with van der Waals surface area (Å²) in [7, 11) is 4.63. The van der Waals surface area contributed by atoms with Gasteiger partial charge in [-0.3, -0.25) is 4.79 Å². The summed E-state index contributed by atoms with van der Waals surface area (Å²) in [5, 5.41) is 8.63. The van der Waals surface area contributed by atoms with Crippen molar-refractivity contribution >= 4 is 17.6 Å². The van der Waals surface area contributed by atoms with Crippen LogP contribution in [0, 0.1) is 5.82 Å². The van der Waals surface area contributed by atoms with Crippen LogP contribution >= 0.6 is 0 Å². The Bertz CT molecular complexity index is 1100. The minimum Gasteiger partial charge on any atom is -0.497 e. The third-order valence-electron chi connectivity index (χ3n) is 5.35. The molecule has 2 aromatic carbocycles. The van der Waals surface area contributed by atoms with Crippen LogP contribution in [-0.4, -0.2) is 60.9 Å². The van der Waals surface area contributed by atoms with Crippen molar-refractivity contribution in [1.29, 1.82) is 0 Å². The fourth-order valence-corrected chi connectivity index (χ4v) is 3.70. The van der Waals surface area contributed by atoms with Gasteiger partial charge in [0.25, 0.3) is 5.91 Å². The summed E-state index contributed by atoms with van der Waals surface area (Å²) in [6.07, 6.45) is 0.272. The highest BCUT2D eigenvalue weighted by atomic mass is 19.1. The predicted octanol–water partition coefficient (Wildman–Crippen LogP) is 3.96. The molecule has 0 saturated heterocycles. The lowest BCUT2D eigenvalue weighted by Gasteiger charge is -2.28. The molecule has 0 aromatic heterocycles. The van der Waals surface area contributed by atoms with Gasteiger partial charge in [0.15, 0.2) is 0 Å². The Kier molecular flexibility index (Phi) is 7.44. The monoisotopic (exact) mass is 470 g/mol. The largest absolute Gasteiger partial charge is 0.497 e. The second kappa shape index (κ2) is 10.1. The number of hydrogen-bond acceptors (Lipinski definition) is 5. The van der Waals surface area contributed by atoms with Crippen molar-refractivity contribution in [1.82, 2.24) is 15.2 Å². The first kappa shape index (κ1) is 25.0. The van der Waals surface area contributed by atoms with Crippen molar-refractivity contribution < 1.29 is 23.5 Å². The van der Waals surface area contributed by atoms with E-state index in [0.29, 0.717) is 28.3 Å². The normalized spacial score (nSPS) is 15.6. The summed E-state index contributed by atoms with van der Waals surface area (Å²) in [6, 6.07) is 10.6. The van der Waals surface area contributed by atoms with Gasteiger partial charge in [0.05, 0.1) is 26.0 Å². The number of benzene rings is 2. The second-order valence-corrected chi connectivity index (χ2v) is 9.13. The summed E-state index contributed by atoms with van der Waals surface area (Å²) >= 11 is 0. The maximum atomic E-state index is 14.5. The molecule has 0 aliphatic carbocycles. The molecule has 2 aromatic rings. The Hall–Kier alpha value is -3.62. The summed E-state index contributed by atoms with van der Waals surface area (Å²) in [5.74, 6) is 0.304. The number of rotatable bonds is 6. The molecule has 0 unspecified atom stereocenters. The number of likely N-dealkylation sites (N-methyl/N-ethyl adjacent to an activating group) is 1. The van der Waals surface area contributed by atoms with Gasteiger partial charge in [-0.1, -0.05) is 18.2 Å². The number of methoxy groups -OCH3 is 2. The molecule has 9 heteroatoms. The molecule has 8 nitrogen and oxygen atoms in total. The highest BCUT2D eigenvalue weighted by Gasteiger charge is 2.36. The lowest BCUT2D eigenvalue weighted by Crippen LogP contribution is -2.49. The van der Waals surface area contributed by atoms with E-state index < -0.39 is 23.3 Å². The van der Waals surface area contributed by atoms with Crippen LogP contribution in [0.5, 0.6) is 11.5 Å². The molecule has 34 heavy (non-hydrogen) atoms. The smallest absolute Gasteiger partial charge is 0.318 e. The summed E-state index contributed by atoms with van der Waals surface area (Å²) in [6.45, 7) is 5.37. The summed E-state index contributed by atoms with van der Waals surface area (Å²) in [4.78, 5) is 27.1. The minimum absolute atomic E-state index is 0.210. The number of hydrogen-bond donors (Lipinski definition) is 1. The molecule has 1 aliphatic heterocycles. The Labute approximate surface area is 199 Å². The van der Waals surface area contributed by atoms with Crippen LogP contribution in [-0.2, 0) is 4.79 Å². The molecule has 1 atom stereocenters. The average Bonchev–Trinajstić information content (AvgIpc) is 3.23. The van der Waals surface area contributed by atoms with E-state index in [9.17, 15) is 14.0 Å². The minimum atomic E-state index is -0.564. The van der Waals surface area contributed by atoms with E-state index in [4.69, 9.17) is 9.47 Å². The van der Waals surface area contributed by atoms with Crippen LogP contribution in [0.1, 0.15) is 44.4 Å². The van der Waals surface area contributed by atoms with E-state index in [0.717, 1.165) is 0 Å². The van der Waals surface area contributed by atoms with Crippen molar-refractivity contribution in [2.45, 2.75) is 38.8 Å². The molecule has 0 fully saturated rings. The molecule has 0 saturated carbocycles. The Morgan fingerprint density at radius 2 is 1.88 bits per heavy atom. The van der Waals surface area contributed by atoms with Crippen LogP contribution in [0.15, 0.2) is 47.6 Å². The average molecular weight is 471 g/mol. The molecule has 3 rings (SSSR count). The van der Waals surface area contributed by atoms with E-state index in [2.05, 4.69) is 10.4 Å². The molecule has 182 valence electrons. The van der Waals surface area contributed by atoms with Crippen LogP contribution < -0.4 is 14.8 Å². The zero-order valence-electron chi connectivity index (χ0n) is 20.4. The van der Waals surface area contributed by atoms with Gasteiger partial charge in [0.1, 0.15) is 23.9 Å². The maximum absolute atomic E-state index is 14.5. The number of urea groups is 1. The van der Waals surface area contributed by atoms with Crippen LogP contribution in [0.25, 0.3) is 0 Å². The zero-order valence-corrected chi connectivity index (χ0v) is 20.4. The molecular weight excluding hydrogens is 439 g/mol. The van der Waals surface area contributed by atoms with Crippen molar-refractivity contribution in [2.75, 3.05) is 27.8 Å². The van der Waals surface area contributed by atoms with Gasteiger partial charge in [-0.15, -0.1) is 0 Å². The SMILES string of the molecule is COc1ccc(OC)c([C@@H]2CC(c3ccccc3F)=NN2C(=O)CN(C)C(=O)NC(C)(C)C)c1. The van der Waals surface area contributed by atoms with Crippen LogP contribution in [0.4, 0.5) is 9.18 Å². The van der Waals surface area contributed by atoms with E-state index in [1.807, 2.05) is 20.8 Å². The number of nitrogens with one attached hydrogen (secondary N) is 1. The number of amides is 3. The standard InChI is InChI=1S/C25H31FN4O4/c1-25(2,3)27-24(32)29(4)15-23(31)30-21(18-13-16(33-5)11-12-22(18)34-6)14-20(28-30)17-9-7-8-10-19(17)26/h7-13,21H,14-15H2,1-6H3,(H,27,32)/t21-/m0/s1. The highest BCUT2D eigenvalue weighted by Crippen LogP contribution is 2.39. The Morgan fingerprint density at radius 1 is 1.18 bits per heavy atom. The van der Waals surface area contributed by atoms with Crippen molar-refractivity contribution in [3.05, 3.63) is 59.4 Å². The number of nitrogens with zero attached hydrogens (tertiary/aromatic N) is 3. The molecule has 1 aliphatic rings. The lowest BCUT2D eigenvalue weighted by atomic mass is 9.97. The zero-order chi connectivity index (χ0) is 25.0. The van der Waals surface area contributed by atoms with Gasteiger partial charge in [0.2, 0.25) is 0 Å². The van der Waals surface area contributed by atoms with Gasteiger partial charge >= 0.3 is 6.03 Å². The van der Waals surface area contributed by atoms with Crippen molar-refractivity contribution in [3.8, 4) is 11.5 Å². The van der Waals surface area contributed by atoms with E-state index in [1.165, 1.54) is 30.1 Å². The topological polar surface area (TPSA) is 83.5 Å². The summed E-state index contributed by atoms with van der Waals surface area (Å²) in [5.41, 5.74) is 0.980. The first-order valence-corrected chi connectivity index (χ1v) is 10.9. The Balaban J connectivity index is 1.96. The molecule has 0 spiro atoms. The lowest BCUT2D eigenvalue weighted by molar-refractivity contribution is -0.133. The van der Waals surface area contributed by atoms with Gasteiger partial charge < -0.3 is 19.7 Å². The predicted molar refractivity (Wildman–Crippen MR) is 128 cm³/mol. The number of ether oxygens (including phenoxy) is 2. The maximum Gasteiger partial charge on any atom is 0.318 e. The number of carbonyl (C=O) groups is 2. The first-order valence-electron chi connectivity index (χ1n) is 10.9. The number of hydrazone groups is 1. The summed E-state index contributed by atoms with van der Waals surface area (Å²) < 4.78 is 25.4. The van der Waals surface area contributed by atoms with E-state index >= 15 is 0 Å². The quantitative estimate of drug-likeness (QED) is 0.693. The second-order valence-electron chi connectivity index (χ2n) is 9.13. The fourth-order valence-electron chi connectivity index (χ4n) is 3.70. The number of carbonyl (C=O) groups excluding carboxylic acids is 2. The third kappa shape index (κ3) is 5.65.